The molecule has 2 aliphatic heterocycles. The zero-order chi connectivity index (χ0) is 40.0. The van der Waals surface area contributed by atoms with Crippen molar-refractivity contribution in [2.45, 2.75) is 41.5 Å². The monoisotopic (exact) mass is 750 g/mol. The molecule has 0 bridgehead atoms. The van der Waals surface area contributed by atoms with Crippen LogP contribution in [0.4, 0.5) is 34.1 Å². The molecule has 3 aliphatic rings. The molecular formula is C46H50N6O4. The minimum Gasteiger partial charge on any atom is -0.368 e. The summed E-state index contributed by atoms with van der Waals surface area (Å²) in [5.74, 6) is -0.409. The van der Waals surface area contributed by atoms with Crippen molar-refractivity contribution in [1.29, 1.82) is 0 Å². The van der Waals surface area contributed by atoms with Gasteiger partial charge in [0, 0.05) is 98.7 Å². The van der Waals surface area contributed by atoms with Crippen LogP contribution >= 0.6 is 0 Å². The standard InChI is InChI=1S/C46H50N6O4/c1-27(2)46(56)52-21-19-51(20-22-52)35-25-30(5)43(31(6)26-35)48-39-14-13-38(40-41(39)45(55)37-12-10-9-11-36(37)44(40)54)47-42-28(3)23-34(24-29(42)4)50-17-15-49(16-18-50)32(7)33(8)53/h9-14,23-26,47-48H,1,7,15-22H2,2-6,8H3. The molecule has 0 spiro atoms. The van der Waals surface area contributed by atoms with Crippen molar-refractivity contribution in [2.24, 2.45) is 0 Å². The number of allylic oxidation sites excluding steroid dienone is 1. The minimum atomic E-state index is -0.203. The number of Topliss-reactive ketones (excluding diaryl/α,β-unsaturated/α-hetero) is 1. The molecule has 4 aromatic carbocycles. The van der Waals surface area contributed by atoms with E-state index in [1.807, 2.05) is 49.6 Å². The molecule has 4 aromatic rings. The van der Waals surface area contributed by atoms with Gasteiger partial charge in [-0.3, -0.25) is 19.2 Å². The van der Waals surface area contributed by atoms with E-state index in [2.05, 4.69) is 57.9 Å². The fourth-order valence-electron chi connectivity index (χ4n) is 8.24. The first kappa shape index (κ1) is 38.1. The van der Waals surface area contributed by atoms with E-state index in [1.165, 1.54) is 0 Å². The van der Waals surface area contributed by atoms with E-state index >= 15 is 0 Å². The van der Waals surface area contributed by atoms with Crippen molar-refractivity contribution in [3.63, 3.8) is 0 Å². The molecule has 0 aromatic heterocycles. The summed E-state index contributed by atoms with van der Waals surface area (Å²) in [6.07, 6.45) is 0. The number of nitrogens with one attached hydrogen (secondary N) is 2. The van der Waals surface area contributed by atoms with Crippen LogP contribution in [0.15, 0.2) is 85.1 Å². The number of anilines is 6. The van der Waals surface area contributed by atoms with Crippen LogP contribution < -0.4 is 20.4 Å². The first-order valence-electron chi connectivity index (χ1n) is 19.2. The number of carbonyl (C=O) groups excluding carboxylic acids is 4. The van der Waals surface area contributed by atoms with Crippen molar-refractivity contribution >= 4 is 57.4 Å². The highest BCUT2D eigenvalue weighted by Crippen LogP contribution is 2.41. The van der Waals surface area contributed by atoms with E-state index in [9.17, 15) is 19.2 Å². The number of hydrogen-bond acceptors (Lipinski definition) is 9. The number of hydrogen-bond donors (Lipinski definition) is 2. The summed E-state index contributed by atoms with van der Waals surface area (Å²) in [6, 6.07) is 19.4. The van der Waals surface area contributed by atoms with E-state index in [4.69, 9.17) is 0 Å². The Bertz CT molecular complexity index is 2120. The topological polar surface area (TPSA) is 105 Å². The summed E-state index contributed by atoms with van der Waals surface area (Å²) >= 11 is 0. The molecule has 2 N–H and O–H groups in total. The van der Waals surface area contributed by atoms with E-state index < -0.39 is 0 Å². The Morgan fingerprint density at radius 2 is 0.946 bits per heavy atom. The molecule has 7 rings (SSSR count). The van der Waals surface area contributed by atoms with Crippen molar-refractivity contribution in [3.05, 3.63) is 130 Å². The number of benzene rings is 4. The van der Waals surface area contributed by atoms with Gasteiger partial charge in [-0.05, 0) is 93.3 Å². The lowest BCUT2D eigenvalue weighted by Gasteiger charge is -2.38. The average molecular weight is 751 g/mol. The largest absolute Gasteiger partial charge is 0.368 e. The lowest BCUT2D eigenvalue weighted by molar-refractivity contribution is -0.127. The van der Waals surface area contributed by atoms with E-state index in [0.717, 1.165) is 84.3 Å². The van der Waals surface area contributed by atoms with Gasteiger partial charge in [0.25, 0.3) is 0 Å². The van der Waals surface area contributed by atoms with Gasteiger partial charge >= 0.3 is 0 Å². The molecule has 0 saturated carbocycles. The van der Waals surface area contributed by atoms with E-state index in [1.54, 1.807) is 38.1 Å². The summed E-state index contributed by atoms with van der Waals surface area (Å²) < 4.78 is 0. The molecule has 1 aliphatic carbocycles. The Morgan fingerprint density at radius 1 is 0.571 bits per heavy atom. The maximum atomic E-state index is 14.4. The fraction of sp³-hybridized carbons (Fsp3) is 0.304. The predicted molar refractivity (Wildman–Crippen MR) is 225 cm³/mol. The lowest BCUT2D eigenvalue weighted by Crippen LogP contribution is -2.49. The Morgan fingerprint density at radius 3 is 1.30 bits per heavy atom. The predicted octanol–water partition coefficient (Wildman–Crippen LogP) is 7.63. The van der Waals surface area contributed by atoms with Crippen molar-refractivity contribution in [2.75, 3.05) is 72.8 Å². The number of rotatable bonds is 9. The fourth-order valence-corrected chi connectivity index (χ4v) is 8.24. The molecule has 0 radical (unpaired) electrons. The lowest BCUT2D eigenvalue weighted by atomic mass is 9.82. The van der Waals surface area contributed by atoms with Crippen molar-refractivity contribution in [3.8, 4) is 0 Å². The maximum absolute atomic E-state index is 14.4. The van der Waals surface area contributed by atoms with Crippen molar-refractivity contribution in [1.82, 2.24) is 9.80 Å². The highest BCUT2D eigenvalue weighted by atomic mass is 16.2. The van der Waals surface area contributed by atoms with Crippen LogP contribution in [0.25, 0.3) is 0 Å². The second-order valence-corrected chi connectivity index (χ2v) is 15.3. The number of amides is 1. The maximum Gasteiger partial charge on any atom is 0.249 e. The molecule has 2 fully saturated rings. The zero-order valence-corrected chi connectivity index (χ0v) is 33.3. The van der Waals surface area contributed by atoms with Crippen LogP contribution in [-0.4, -0.2) is 85.4 Å². The molecule has 1 amide bonds. The Balaban J connectivity index is 1.18. The van der Waals surface area contributed by atoms with Crippen LogP contribution in [0, 0.1) is 27.7 Å². The molecular weight excluding hydrogens is 701 g/mol. The molecule has 10 nitrogen and oxygen atoms in total. The van der Waals surface area contributed by atoms with Gasteiger partial charge in [-0.1, -0.05) is 37.4 Å². The summed E-state index contributed by atoms with van der Waals surface area (Å²) in [7, 11) is 0. The van der Waals surface area contributed by atoms with E-state index in [-0.39, 0.29) is 23.3 Å². The third-order valence-electron chi connectivity index (χ3n) is 11.4. The first-order valence-corrected chi connectivity index (χ1v) is 19.2. The molecule has 288 valence electrons. The van der Waals surface area contributed by atoms with Gasteiger partial charge in [0.2, 0.25) is 5.91 Å². The third-order valence-corrected chi connectivity index (χ3v) is 11.4. The highest BCUT2D eigenvalue weighted by molar-refractivity contribution is 6.32. The second kappa shape index (κ2) is 15.2. The number of piperazine rings is 2. The molecule has 2 heterocycles. The summed E-state index contributed by atoms with van der Waals surface area (Å²) in [5, 5.41) is 7.15. The van der Waals surface area contributed by atoms with Crippen LogP contribution in [0.3, 0.4) is 0 Å². The summed E-state index contributed by atoms with van der Waals surface area (Å²) in [5.41, 5.74) is 11.7. The first-order chi connectivity index (χ1) is 26.7. The van der Waals surface area contributed by atoms with E-state index in [0.29, 0.717) is 58.0 Å². The highest BCUT2D eigenvalue weighted by Gasteiger charge is 2.35. The Kier molecular flexibility index (Phi) is 10.3. The molecule has 56 heavy (non-hydrogen) atoms. The van der Waals surface area contributed by atoms with Gasteiger partial charge < -0.3 is 30.2 Å². The third kappa shape index (κ3) is 7.07. The van der Waals surface area contributed by atoms with Crippen LogP contribution in [-0.2, 0) is 9.59 Å². The number of ketones is 3. The SMILES string of the molecule is C=C(C)C(=O)N1CCN(c2cc(C)c(Nc3ccc(Nc4c(C)cc(N5CCN(C(=C)C(C)=O)CC5)cc4C)c4c3C(=O)c3ccccc3C4=O)c(C)c2)CC1. The summed E-state index contributed by atoms with van der Waals surface area (Å²) in [6.45, 7) is 25.0. The number of nitrogens with zero attached hydrogens (tertiary/aromatic N) is 4. The van der Waals surface area contributed by atoms with Crippen molar-refractivity contribution < 1.29 is 19.2 Å². The molecule has 0 unspecified atom stereocenters. The smallest absolute Gasteiger partial charge is 0.249 e. The number of aryl methyl sites for hydroxylation is 4. The Hall–Kier alpha value is -6.16. The quantitative estimate of drug-likeness (QED) is 0.147. The minimum absolute atomic E-state index is 0.000388. The second-order valence-electron chi connectivity index (χ2n) is 15.3. The molecule has 0 atom stereocenters. The molecule has 2 saturated heterocycles. The average Bonchev–Trinajstić information content (AvgIpc) is 3.19. The van der Waals surface area contributed by atoms with Crippen LogP contribution in [0.5, 0.6) is 0 Å². The van der Waals surface area contributed by atoms with Gasteiger partial charge in [0.1, 0.15) is 0 Å². The normalized spacial score (nSPS) is 15.3. The van der Waals surface area contributed by atoms with Gasteiger partial charge in [0.05, 0.1) is 28.2 Å². The van der Waals surface area contributed by atoms with Gasteiger partial charge in [-0.25, -0.2) is 0 Å². The van der Waals surface area contributed by atoms with Gasteiger partial charge in [0.15, 0.2) is 17.3 Å². The van der Waals surface area contributed by atoms with Gasteiger partial charge in [-0.2, -0.15) is 0 Å². The summed E-state index contributed by atoms with van der Waals surface area (Å²) in [4.78, 5) is 61.6. The Labute approximate surface area is 329 Å². The zero-order valence-electron chi connectivity index (χ0n) is 33.3. The van der Waals surface area contributed by atoms with Crippen LogP contribution in [0.2, 0.25) is 0 Å². The molecule has 10 heteroatoms. The van der Waals surface area contributed by atoms with Crippen LogP contribution in [0.1, 0.15) is 67.9 Å². The number of fused-ring (bicyclic) bond motifs is 2. The number of carbonyl (C=O) groups is 4. The van der Waals surface area contributed by atoms with Gasteiger partial charge in [-0.15, -0.1) is 0 Å².